The van der Waals surface area contributed by atoms with E-state index in [4.69, 9.17) is 4.42 Å². The summed E-state index contributed by atoms with van der Waals surface area (Å²) in [4.78, 5) is 23.8. The second-order valence-electron chi connectivity index (χ2n) is 4.59. The van der Waals surface area contributed by atoms with E-state index in [0.29, 0.717) is 11.5 Å². The van der Waals surface area contributed by atoms with Gasteiger partial charge in [-0.2, -0.15) is 5.10 Å². The van der Waals surface area contributed by atoms with Gasteiger partial charge in [0.1, 0.15) is 5.76 Å². The lowest BCUT2D eigenvalue weighted by Gasteiger charge is -1.96. The van der Waals surface area contributed by atoms with Gasteiger partial charge in [-0.1, -0.05) is 4.68 Å². The number of hydrogen-bond acceptors (Lipinski definition) is 5. The van der Waals surface area contributed by atoms with E-state index in [1.807, 2.05) is 0 Å². The molecule has 1 amide bonds. The number of furan rings is 1. The molecular weight excluding hydrogens is 288 g/mol. The number of nitrogens with zero attached hydrogens (tertiary/aromatic N) is 4. The van der Waals surface area contributed by atoms with E-state index in [1.54, 1.807) is 19.1 Å². The smallest absolute Gasteiger partial charge is 0.331 e. The highest BCUT2D eigenvalue weighted by molar-refractivity contribution is 5.80. The van der Waals surface area contributed by atoms with E-state index in [-0.39, 0.29) is 17.6 Å². The van der Waals surface area contributed by atoms with Gasteiger partial charge in [-0.05, 0) is 19.1 Å². The normalized spacial score (nSPS) is 11.3. The molecule has 0 bridgehead atoms. The molecule has 3 rings (SSSR count). The molecule has 3 aromatic rings. The van der Waals surface area contributed by atoms with Gasteiger partial charge in [0, 0.05) is 16.9 Å². The lowest BCUT2D eigenvalue weighted by Crippen LogP contribution is -2.33. The summed E-state index contributed by atoms with van der Waals surface area (Å²) in [7, 11) is 0. The highest BCUT2D eigenvalue weighted by Gasteiger charge is 2.18. The van der Waals surface area contributed by atoms with Crippen LogP contribution in [0.5, 0.6) is 0 Å². The molecule has 9 nitrogen and oxygen atoms in total. The average molecular weight is 301 g/mol. The third kappa shape index (κ3) is 2.77. The van der Waals surface area contributed by atoms with Gasteiger partial charge < -0.3 is 4.42 Å². The second kappa shape index (κ2) is 5.64. The molecule has 0 atom stereocenters. The van der Waals surface area contributed by atoms with Crippen molar-refractivity contribution in [2.75, 3.05) is 0 Å². The third-order valence-corrected chi connectivity index (χ3v) is 2.86. The first kappa shape index (κ1) is 13.7. The molecule has 0 fully saturated rings. The van der Waals surface area contributed by atoms with Gasteiger partial charge in [-0.15, -0.1) is 4.52 Å². The lowest BCUT2D eigenvalue weighted by atomic mass is 10.4. The number of rotatable bonds is 4. The zero-order valence-electron chi connectivity index (χ0n) is 11.7. The summed E-state index contributed by atoms with van der Waals surface area (Å²) in [6, 6.07) is 4.86. The molecular formula is C13H13N6O3+. The number of fused-ring (bicyclic) bond motifs is 1. The van der Waals surface area contributed by atoms with Crippen LogP contribution in [0.25, 0.3) is 5.65 Å². The molecule has 2 N–H and O–H groups in total. The number of hydrogen-bond donors (Lipinski definition) is 2. The minimum Gasteiger partial charge on any atom is -0.463 e. The van der Waals surface area contributed by atoms with Crippen LogP contribution in [0, 0.1) is 6.92 Å². The quantitative estimate of drug-likeness (QED) is 0.379. The molecule has 0 saturated carbocycles. The molecule has 0 aliphatic heterocycles. The van der Waals surface area contributed by atoms with Crippen LogP contribution in [-0.4, -0.2) is 27.0 Å². The fraction of sp³-hybridized carbons (Fsp3) is 0.154. The Morgan fingerprint density at radius 1 is 1.64 bits per heavy atom. The molecule has 0 unspecified atom stereocenters. The Balaban J connectivity index is 1.73. The van der Waals surface area contributed by atoms with Crippen molar-refractivity contribution in [3.63, 3.8) is 0 Å². The predicted octanol–water partition coefficient (Wildman–Crippen LogP) is -0.638. The van der Waals surface area contributed by atoms with Crippen LogP contribution in [0.15, 0.2) is 45.1 Å². The second-order valence-corrected chi connectivity index (χ2v) is 4.59. The maximum Gasteiger partial charge on any atom is 0.331 e. The lowest BCUT2D eigenvalue weighted by molar-refractivity contribution is -0.582. The standard InChI is InChI=1S/C13H12N6O3/c1-9-5-11(20)13-18(15-8-19(13)17-9)7-12(21)16-14-6-10-3-2-4-22-10/h2-6,8H,7H2,1H3,(H-,16,17,20,21)/p+1/b14-6-. The summed E-state index contributed by atoms with van der Waals surface area (Å²) in [6.07, 6.45) is 4.32. The Labute approximate surface area is 123 Å². The Bertz CT molecular complexity index is 890. The number of amides is 1. The first-order valence-electron chi connectivity index (χ1n) is 6.46. The van der Waals surface area contributed by atoms with Crippen molar-refractivity contribution in [2.45, 2.75) is 13.5 Å². The van der Waals surface area contributed by atoms with Crippen molar-refractivity contribution in [1.82, 2.24) is 20.3 Å². The number of aryl methyl sites for hydroxylation is 1. The Kier molecular flexibility index (Phi) is 3.52. The maximum absolute atomic E-state index is 12.0. The fourth-order valence-electron chi connectivity index (χ4n) is 1.98. The van der Waals surface area contributed by atoms with Gasteiger partial charge in [0.25, 0.3) is 17.7 Å². The number of H-pyrrole nitrogens is 1. The minimum absolute atomic E-state index is 0.127. The van der Waals surface area contributed by atoms with Crippen LogP contribution in [0.4, 0.5) is 0 Å². The van der Waals surface area contributed by atoms with Gasteiger partial charge in [0.15, 0.2) is 6.54 Å². The van der Waals surface area contributed by atoms with Crippen LogP contribution in [-0.2, 0) is 11.3 Å². The Morgan fingerprint density at radius 3 is 3.27 bits per heavy atom. The Hall–Kier alpha value is -3.23. The van der Waals surface area contributed by atoms with Gasteiger partial charge in [-0.25, -0.2) is 10.5 Å². The molecule has 3 heterocycles. The first-order chi connectivity index (χ1) is 10.6. The molecule has 3 aromatic heterocycles. The summed E-state index contributed by atoms with van der Waals surface area (Å²) in [6.45, 7) is 1.64. The van der Waals surface area contributed by atoms with E-state index in [0.717, 1.165) is 0 Å². The summed E-state index contributed by atoms with van der Waals surface area (Å²) in [5.74, 6) is 0.112. The van der Waals surface area contributed by atoms with E-state index in [9.17, 15) is 9.59 Å². The molecule has 0 aromatic carbocycles. The van der Waals surface area contributed by atoms with Crippen molar-refractivity contribution in [2.24, 2.45) is 5.10 Å². The highest BCUT2D eigenvalue weighted by atomic mass is 16.3. The van der Waals surface area contributed by atoms with Crippen LogP contribution in [0.2, 0.25) is 0 Å². The molecule has 0 aliphatic rings. The third-order valence-electron chi connectivity index (χ3n) is 2.86. The molecule has 112 valence electrons. The number of nitrogens with one attached hydrogen (secondary N) is 2. The number of carbonyl (C=O) groups is 1. The molecule has 0 aliphatic carbocycles. The van der Waals surface area contributed by atoms with Gasteiger partial charge in [0.2, 0.25) is 0 Å². The minimum atomic E-state index is -0.409. The topological polar surface area (TPSA) is 109 Å². The van der Waals surface area contributed by atoms with E-state index >= 15 is 0 Å². The first-order valence-corrected chi connectivity index (χ1v) is 6.46. The van der Waals surface area contributed by atoms with E-state index < -0.39 is 5.91 Å². The van der Waals surface area contributed by atoms with Crippen LogP contribution in [0.1, 0.15) is 11.5 Å². The molecule has 0 radical (unpaired) electrons. The van der Waals surface area contributed by atoms with Crippen molar-refractivity contribution < 1.29 is 13.7 Å². The molecule has 0 saturated heterocycles. The monoisotopic (exact) mass is 301 g/mol. The van der Waals surface area contributed by atoms with Gasteiger partial charge in [0.05, 0.1) is 12.5 Å². The summed E-state index contributed by atoms with van der Waals surface area (Å²) < 4.78 is 7.81. The van der Waals surface area contributed by atoms with Crippen molar-refractivity contribution in [3.8, 4) is 0 Å². The molecule has 22 heavy (non-hydrogen) atoms. The Morgan fingerprint density at radius 2 is 2.50 bits per heavy atom. The molecule has 9 heteroatoms. The number of carbonyl (C=O) groups excluding carboxylic acids is 1. The maximum atomic E-state index is 12.0. The van der Waals surface area contributed by atoms with Crippen molar-refractivity contribution in [1.29, 1.82) is 0 Å². The highest BCUT2D eigenvalue weighted by Crippen LogP contribution is 1.94. The van der Waals surface area contributed by atoms with Crippen molar-refractivity contribution in [3.05, 3.63) is 52.5 Å². The van der Waals surface area contributed by atoms with Crippen LogP contribution in [0.3, 0.4) is 0 Å². The van der Waals surface area contributed by atoms with E-state index in [1.165, 1.54) is 34.1 Å². The number of aromatic amines is 1. The van der Waals surface area contributed by atoms with E-state index in [2.05, 4.69) is 20.7 Å². The predicted molar refractivity (Wildman–Crippen MR) is 75.2 cm³/mol. The van der Waals surface area contributed by atoms with Crippen molar-refractivity contribution >= 4 is 17.8 Å². The molecule has 0 spiro atoms. The fourth-order valence-corrected chi connectivity index (χ4v) is 1.98. The summed E-state index contributed by atoms with van der Waals surface area (Å²) in [5.41, 5.74) is 3.10. The largest absolute Gasteiger partial charge is 0.463 e. The SMILES string of the molecule is Cc1cc(=O)c2n(CC(=O)N/N=C\c3ccco3)nc[n+]2[nH]1. The average Bonchev–Trinajstić information content (AvgIpc) is 3.09. The van der Waals surface area contributed by atoms with Gasteiger partial charge >= 0.3 is 5.65 Å². The van der Waals surface area contributed by atoms with Crippen LogP contribution >= 0.6 is 0 Å². The summed E-state index contributed by atoms with van der Waals surface area (Å²) in [5, 5.41) is 10.7. The zero-order chi connectivity index (χ0) is 15.5. The number of aromatic nitrogens is 4. The zero-order valence-corrected chi connectivity index (χ0v) is 11.7. The van der Waals surface area contributed by atoms with Gasteiger partial charge in [-0.3, -0.25) is 9.59 Å². The number of hydrazone groups is 1. The summed E-state index contributed by atoms with van der Waals surface area (Å²) >= 11 is 0. The van der Waals surface area contributed by atoms with Crippen LogP contribution < -0.4 is 15.4 Å².